The minimum absolute atomic E-state index is 0.0615. The number of amidine groups is 1. The van der Waals surface area contributed by atoms with Gasteiger partial charge in [0.25, 0.3) is 0 Å². The van der Waals surface area contributed by atoms with Crippen LogP contribution in [0.2, 0.25) is 5.02 Å². The van der Waals surface area contributed by atoms with Crippen molar-refractivity contribution in [1.82, 2.24) is 4.57 Å². The first-order valence-electron chi connectivity index (χ1n) is 10.9. The lowest BCUT2D eigenvalue weighted by Gasteiger charge is -2.14. The molecule has 1 heterocycles. The summed E-state index contributed by atoms with van der Waals surface area (Å²) >= 11 is 5.88. The summed E-state index contributed by atoms with van der Waals surface area (Å²) in [5.74, 6) is -3.27. The highest BCUT2D eigenvalue weighted by Gasteiger charge is 2.40. The van der Waals surface area contributed by atoms with Gasteiger partial charge in [-0.2, -0.15) is 13.2 Å². The number of nitrogens with two attached hydrogens (primary N) is 1. The van der Waals surface area contributed by atoms with Crippen molar-refractivity contribution < 1.29 is 27.5 Å². The lowest BCUT2D eigenvalue weighted by atomic mass is 10.1. The Kier molecular flexibility index (Phi) is 7.21. The number of esters is 1. The third kappa shape index (κ3) is 5.75. The zero-order valence-electron chi connectivity index (χ0n) is 19.1. The summed E-state index contributed by atoms with van der Waals surface area (Å²) in [7, 11) is 0. The van der Waals surface area contributed by atoms with Gasteiger partial charge in [-0.1, -0.05) is 66.2 Å². The highest BCUT2D eigenvalue weighted by Crippen LogP contribution is 2.34. The molecule has 0 aliphatic rings. The number of fused-ring (bicyclic) bond motifs is 1. The predicted octanol–water partition coefficient (Wildman–Crippen LogP) is 5.48. The Labute approximate surface area is 214 Å². The fourth-order valence-corrected chi connectivity index (χ4v) is 3.89. The van der Waals surface area contributed by atoms with E-state index < -0.39 is 18.1 Å². The molecule has 0 saturated heterocycles. The molecule has 4 rings (SSSR count). The lowest BCUT2D eigenvalue weighted by Crippen LogP contribution is -2.30. The Hall–Kier alpha value is -4.31. The first-order chi connectivity index (χ1) is 17.5. The Morgan fingerprint density at radius 2 is 1.59 bits per heavy atom. The highest BCUT2D eigenvalue weighted by molar-refractivity contribution is 6.30. The number of benzene rings is 3. The number of carbonyl (C=O) groups is 2. The molecule has 190 valence electrons. The van der Waals surface area contributed by atoms with Gasteiger partial charge in [0, 0.05) is 22.5 Å². The molecule has 0 radical (unpaired) electrons. The minimum Gasteiger partial charge on any atom is -0.456 e. The summed E-state index contributed by atoms with van der Waals surface area (Å²) in [5, 5.41) is 10.1. The van der Waals surface area contributed by atoms with Gasteiger partial charge in [0.05, 0.1) is 11.2 Å². The normalized spacial score (nSPS) is 11.4. The third-order valence-corrected chi connectivity index (χ3v) is 5.80. The predicted molar refractivity (Wildman–Crippen MR) is 134 cm³/mol. The number of alkyl halides is 3. The van der Waals surface area contributed by atoms with Crippen molar-refractivity contribution in [3.63, 3.8) is 0 Å². The van der Waals surface area contributed by atoms with Crippen LogP contribution in [0.25, 0.3) is 10.9 Å². The number of para-hydroxylation sites is 1. The smallest absolute Gasteiger partial charge is 0.456 e. The van der Waals surface area contributed by atoms with Gasteiger partial charge in [-0.15, -0.1) is 0 Å². The first kappa shape index (κ1) is 25.8. The maximum atomic E-state index is 13.3. The molecule has 4 aromatic rings. The Bertz CT molecular complexity index is 1480. The fraction of sp³-hybridized carbons (Fsp3) is 0.115. The van der Waals surface area contributed by atoms with E-state index in [1.54, 1.807) is 66.7 Å². The van der Waals surface area contributed by atoms with E-state index in [1.165, 1.54) is 10.6 Å². The third-order valence-electron chi connectivity index (χ3n) is 5.55. The second kappa shape index (κ2) is 10.4. The molecule has 0 spiro atoms. The van der Waals surface area contributed by atoms with E-state index in [1.807, 2.05) is 5.32 Å². The summed E-state index contributed by atoms with van der Waals surface area (Å²) in [6.45, 7) is -0.108. The van der Waals surface area contributed by atoms with Gasteiger partial charge < -0.3 is 20.4 Å². The highest BCUT2D eigenvalue weighted by atomic mass is 35.5. The Morgan fingerprint density at radius 3 is 2.22 bits per heavy atom. The van der Waals surface area contributed by atoms with Crippen LogP contribution in [0, 0.1) is 5.41 Å². The van der Waals surface area contributed by atoms with Crippen molar-refractivity contribution in [2.45, 2.75) is 19.3 Å². The van der Waals surface area contributed by atoms with Crippen LogP contribution in [0.4, 0.5) is 18.9 Å². The van der Waals surface area contributed by atoms with E-state index in [-0.39, 0.29) is 35.8 Å². The van der Waals surface area contributed by atoms with Crippen molar-refractivity contribution in [1.29, 1.82) is 5.41 Å². The van der Waals surface area contributed by atoms with Crippen LogP contribution in [-0.4, -0.2) is 28.5 Å². The number of amides is 1. The van der Waals surface area contributed by atoms with Crippen LogP contribution >= 0.6 is 11.6 Å². The lowest BCUT2D eigenvalue weighted by molar-refractivity contribution is -0.167. The van der Waals surface area contributed by atoms with Crippen LogP contribution < -0.4 is 11.1 Å². The fourth-order valence-electron chi connectivity index (χ4n) is 3.76. The molecule has 0 bridgehead atoms. The van der Waals surface area contributed by atoms with E-state index >= 15 is 0 Å². The number of ether oxygens (including phenoxy) is 1. The van der Waals surface area contributed by atoms with Gasteiger partial charge >= 0.3 is 18.1 Å². The average Bonchev–Trinajstić information content (AvgIpc) is 3.16. The molecule has 0 unspecified atom stereocenters. The Morgan fingerprint density at radius 1 is 0.973 bits per heavy atom. The van der Waals surface area contributed by atoms with Crippen molar-refractivity contribution in [2.75, 3.05) is 5.32 Å². The Balaban J connectivity index is 1.79. The zero-order valence-corrected chi connectivity index (χ0v) is 19.9. The van der Waals surface area contributed by atoms with Gasteiger partial charge in [0.15, 0.2) is 5.69 Å². The summed E-state index contributed by atoms with van der Waals surface area (Å²) in [6.07, 6.45) is -5.17. The number of aromatic nitrogens is 1. The second-order valence-electron chi connectivity index (χ2n) is 8.09. The quantitative estimate of drug-likeness (QED) is 0.167. The van der Waals surface area contributed by atoms with E-state index in [2.05, 4.69) is 0 Å². The van der Waals surface area contributed by atoms with E-state index in [4.69, 9.17) is 27.5 Å². The SMILES string of the molecule is N=C(N)c1ccc(Cn2c(C(=O)OCc3ccc(Cl)cc3)c(NC(=O)C(F)(F)F)c3ccccc32)cc1. The molecule has 37 heavy (non-hydrogen) atoms. The number of rotatable bonds is 7. The largest absolute Gasteiger partial charge is 0.471 e. The minimum atomic E-state index is -5.17. The molecule has 3 aromatic carbocycles. The molecule has 0 saturated carbocycles. The van der Waals surface area contributed by atoms with Gasteiger partial charge in [-0.25, -0.2) is 4.79 Å². The second-order valence-corrected chi connectivity index (χ2v) is 8.53. The van der Waals surface area contributed by atoms with E-state index in [9.17, 15) is 22.8 Å². The number of carbonyl (C=O) groups excluding carboxylic acids is 2. The first-order valence-corrected chi connectivity index (χ1v) is 11.3. The number of nitrogens with zero attached hydrogens (tertiary/aromatic N) is 1. The van der Waals surface area contributed by atoms with Crippen molar-refractivity contribution in [3.05, 3.63) is 100 Å². The number of halogens is 4. The van der Waals surface area contributed by atoms with Crippen LogP contribution in [-0.2, 0) is 22.7 Å². The van der Waals surface area contributed by atoms with Crippen LogP contribution in [0.15, 0.2) is 72.8 Å². The molecule has 1 aromatic heterocycles. The van der Waals surface area contributed by atoms with Crippen molar-refractivity contribution >= 4 is 45.9 Å². The standard InChI is InChI=1S/C26H20ClF3N4O3/c27-18-11-7-16(8-12-18)14-37-24(35)22-21(33-25(36)26(28,29)30)19-3-1-2-4-20(19)34(22)13-15-5-9-17(10-6-15)23(31)32/h1-12H,13-14H2,(H3,31,32)(H,33,36). The number of nitrogens with one attached hydrogen (secondary N) is 2. The molecule has 4 N–H and O–H groups in total. The van der Waals surface area contributed by atoms with Gasteiger partial charge in [-0.05, 0) is 29.3 Å². The van der Waals surface area contributed by atoms with Crippen LogP contribution in [0.5, 0.6) is 0 Å². The van der Waals surface area contributed by atoms with Gasteiger partial charge in [0.1, 0.15) is 12.4 Å². The summed E-state index contributed by atoms with van der Waals surface area (Å²) in [4.78, 5) is 25.2. The molecular formula is C26H20ClF3N4O3. The summed E-state index contributed by atoms with van der Waals surface area (Å²) in [5.41, 5.74) is 7.14. The molecule has 0 aliphatic carbocycles. The summed E-state index contributed by atoms with van der Waals surface area (Å²) < 4.78 is 46.4. The van der Waals surface area contributed by atoms with E-state index in [0.29, 0.717) is 27.2 Å². The molecule has 0 aliphatic heterocycles. The number of nitrogen functional groups attached to an aromatic ring is 1. The molecule has 1 amide bonds. The van der Waals surface area contributed by atoms with Crippen molar-refractivity contribution in [3.8, 4) is 0 Å². The maximum absolute atomic E-state index is 13.3. The van der Waals surface area contributed by atoms with Gasteiger partial charge in [-0.3, -0.25) is 10.2 Å². The number of hydrogen-bond donors (Lipinski definition) is 3. The maximum Gasteiger partial charge on any atom is 0.471 e. The van der Waals surface area contributed by atoms with Crippen LogP contribution in [0.1, 0.15) is 27.2 Å². The molecule has 0 fully saturated rings. The molecular weight excluding hydrogens is 509 g/mol. The molecule has 7 nitrogen and oxygen atoms in total. The summed E-state index contributed by atoms with van der Waals surface area (Å²) in [6, 6.07) is 19.5. The molecule has 0 atom stereocenters. The monoisotopic (exact) mass is 528 g/mol. The van der Waals surface area contributed by atoms with E-state index in [0.717, 1.165) is 0 Å². The van der Waals surface area contributed by atoms with Gasteiger partial charge in [0.2, 0.25) is 0 Å². The van der Waals surface area contributed by atoms with Crippen molar-refractivity contribution in [2.24, 2.45) is 5.73 Å². The molecule has 11 heteroatoms. The topological polar surface area (TPSA) is 110 Å². The number of hydrogen-bond acceptors (Lipinski definition) is 4. The zero-order chi connectivity index (χ0) is 26.7. The average molecular weight is 529 g/mol. The van der Waals surface area contributed by atoms with Crippen LogP contribution in [0.3, 0.4) is 0 Å². The number of anilines is 1.